The molecule has 0 saturated heterocycles. The minimum absolute atomic E-state index is 0.0000522. The lowest BCUT2D eigenvalue weighted by molar-refractivity contribution is 0.0939. The Labute approximate surface area is 203 Å². The minimum atomic E-state index is -0.445. The molecule has 3 heterocycles. The summed E-state index contributed by atoms with van der Waals surface area (Å²) in [6.45, 7) is 0.241. The Hall–Kier alpha value is -4.57. The zero-order valence-corrected chi connectivity index (χ0v) is 19.0. The molecule has 5 aromatic rings. The predicted molar refractivity (Wildman–Crippen MR) is 129 cm³/mol. The van der Waals surface area contributed by atoms with Gasteiger partial charge in [0, 0.05) is 12.2 Å². The second kappa shape index (κ2) is 9.74. The Bertz CT molecular complexity index is 1440. The molecule has 0 fully saturated rings. The summed E-state index contributed by atoms with van der Waals surface area (Å²) in [7, 11) is 0. The van der Waals surface area contributed by atoms with Gasteiger partial charge in [-0.3, -0.25) is 9.59 Å². The van der Waals surface area contributed by atoms with Crippen molar-refractivity contribution in [3.05, 3.63) is 107 Å². The van der Waals surface area contributed by atoms with Crippen molar-refractivity contribution in [3.8, 4) is 16.4 Å². The molecule has 0 aliphatic heterocycles. The number of benzene rings is 2. The predicted octanol–water partition coefficient (Wildman–Crippen LogP) is 4.91. The van der Waals surface area contributed by atoms with E-state index in [1.807, 2.05) is 17.5 Å². The molecule has 0 atom stereocenters. The van der Waals surface area contributed by atoms with E-state index in [1.54, 1.807) is 48.5 Å². The van der Waals surface area contributed by atoms with E-state index in [2.05, 4.69) is 20.7 Å². The van der Waals surface area contributed by atoms with Gasteiger partial charge in [0.15, 0.2) is 11.6 Å². The monoisotopic (exact) mass is 487 g/mol. The molecule has 3 aromatic heterocycles. The van der Waals surface area contributed by atoms with Crippen LogP contribution in [0.3, 0.4) is 0 Å². The number of nitrogens with one attached hydrogen (secondary N) is 2. The van der Waals surface area contributed by atoms with Crippen LogP contribution in [0.15, 0.2) is 88.9 Å². The zero-order valence-electron chi connectivity index (χ0n) is 18.1. The van der Waals surface area contributed by atoms with Crippen LogP contribution in [-0.2, 0) is 6.54 Å². The van der Waals surface area contributed by atoms with Gasteiger partial charge in [0.25, 0.3) is 11.8 Å². The molecule has 0 bridgehead atoms. The Morgan fingerprint density at radius 2 is 1.77 bits per heavy atom. The summed E-state index contributed by atoms with van der Waals surface area (Å²) >= 11 is 1.46. The number of thiophene rings is 1. The molecule has 0 unspecified atom stereocenters. The molecule has 0 aliphatic carbocycles. The summed E-state index contributed by atoms with van der Waals surface area (Å²) in [5.41, 5.74) is 2.01. The Kier molecular flexibility index (Phi) is 6.18. The first kappa shape index (κ1) is 22.2. The molecule has 2 N–H and O–H groups in total. The third-order valence-electron chi connectivity index (χ3n) is 5.03. The first-order valence-corrected chi connectivity index (χ1v) is 11.4. The van der Waals surface area contributed by atoms with Crippen LogP contribution < -0.4 is 10.6 Å². The molecule has 5 rings (SSSR count). The van der Waals surface area contributed by atoms with E-state index in [4.69, 9.17) is 4.42 Å². The quantitative estimate of drug-likeness (QED) is 0.340. The van der Waals surface area contributed by atoms with Crippen LogP contribution in [0, 0.1) is 5.82 Å². The van der Waals surface area contributed by atoms with Crippen molar-refractivity contribution >= 4 is 28.8 Å². The number of hydrogen-bond acceptors (Lipinski definition) is 6. The molecular formula is C25H18FN5O3S. The highest BCUT2D eigenvalue weighted by Crippen LogP contribution is 2.25. The first-order valence-electron chi connectivity index (χ1n) is 10.6. The van der Waals surface area contributed by atoms with E-state index >= 15 is 0 Å². The highest BCUT2D eigenvalue weighted by Gasteiger charge is 2.19. The SMILES string of the molecule is O=C(NCc1ccc(NC(=O)c2ccco2)cc1)c1nc(-c2cccs2)n(-c2ccc(F)cc2)n1. The smallest absolute Gasteiger partial charge is 0.291 e. The normalized spacial score (nSPS) is 10.8. The maximum absolute atomic E-state index is 13.4. The van der Waals surface area contributed by atoms with E-state index in [9.17, 15) is 14.0 Å². The lowest BCUT2D eigenvalue weighted by atomic mass is 10.2. The zero-order chi connectivity index (χ0) is 24.2. The van der Waals surface area contributed by atoms with Crippen molar-refractivity contribution < 1.29 is 18.4 Å². The van der Waals surface area contributed by atoms with Gasteiger partial charge < -0.3 is 15.1 Å². The largest absolute Gasteiger partial charge is 0.459 e. The summed E-state index contributed by atoms with van der Waals surface area (Å²) < 4.78 is 20.0. The molecule has 0 saturated carbocycles. The van der Waals surface area contributed by atoms with E-state index in [0.29, 0.717) is 17.2 Å². The second-order valence-electron chi connectivity index (χ2n) is 7.44. The number of nitrogens with zero attached hydrogens (tertiary/aromatic N) is 3. The number of rotatable bonds is 7. The fourth-order valence-electron chi connectivity index (χ4n) is 3.30. The fraction of sp³-hybridized carbons (Fsp3) is 0.0400. The van der Waals surface area contributed by atoms with Crippen LogP contribution in [0.2, 0.25) is 0 Å². The van der Waals surface area contributed by atoms with Gasteiger partial charge in [-0.1, -0.05) is 18.2 Å². The van der Waals surface area contributed by atoms with Crippen LogP contribution in [0.1, 0.15) is 26.7 Å². The van der Waals surface area contributed by atoms with Crippen molar-refractivity contribution in [2.45, 2.75) is 6.54 Å². The van der Waals surface area contributed by atoms with Gasteiger partial charge in [0.2, 0.25) is 5.82 Å². The van der Waals surface area contributed by atoms with Crippen LogP contribution >= 0.6 is 11.3 Å². The highest BCUT2D eigenvalue weighted by molar-refractivity contribution is 7.13. The number of carbonyl (C=O) groups is 2. The molecule has 10 heteroatoms. The molecule has 0 aliphatic rings. The van der Waals surface area contributed by atoms with Crippen molar-refractivity contribution in [3.63, 3.8) is 0 Å². The Morgan fingerprint density at radius 1 is 0.971 bits per heavy atom. The second-order valence-corrected chi connectivity index (χ2v) is 8.38. The van der Waals surface area contributed by atoms with Crippen molar-refractivity contribution in [2.75, 3.05) is 5.32 Å². The van der Waals surface area contributed by atoms with E-state index in [0.717, 1.165) is 10.4 Å². The van der Waals surface area contributed by atoms with E-state index in [1.165, 1.54) is 34.4 Å². The number of anilines is 1. The number of amides is 2. The third-order valence-corrected chi connectivity index (χ3v) is 5.90. The van der Waals surface area contributed by atoms with Gasteiger partial charge in [-0.15, -0.1) is 16.4 Å². The highest BCUT2D eigenvalue weighted by atomic mass is 32.1. The molecule has 174 valence electrons. The van der Waals surface area contributed by atoms with Crippen LogP contribution in [0.5, 0.6) is 0 Å². The van der Waals surface area contributed by atoms with Crippen LogP contribution in [0.25, 0.3) is 16.4 Å². The number of halogens is 1. The maximum Gasteiger partial charge on any atom is 0.291 e. The number of aromatic nitrogens is 3. The van der Waals surface area contributed by atoms with Gasteiger partial charge in [-0.2, -0.15) is 0 Å². The van der Waals surface area contributed by atoms with Crippen LogP contribution in [0.4, 0.5) is 10.1 Å². The van der Waals surface area contributed by atoms with Gasteiger partial charge in [0.05, 0.1) is 16.8 Å². The standard InChI is InChI=1S/C25H18FN5O3S/c26-17-7-11-19(12-8-17)31-23(21-4-2-14-35-21)29-22(30-31)25(33)27-15-16-5-9-18(10-6-16)28-24(32)20-3-1-13-34-20/h1-14H,15H2,(H,27,33)(H,28,32). The fourth-order valence-corrected chi connectivity index (χ4v) is 4.00. The van der Waals surface area contributed by atoms with Crippen molar-refractivity contribution in [1.82, 2.24) is 20.1 Å². The summed E-state index contributed by atoms with van der Waals surface area (Å²) in [4.78, 5) is 30.1. The van der Waals surface area contributed by atoms with Crippen molar-refractivity contribution in [1.29, 1.82) is 0 Å². The number of carbonyl (C=O) groups excluding carboxylic acids is 2. The first-order chi connectivity index (χ1) is 17.1. The molecule has 0 spiro atoms. The van der Waals surface area contributed by atoms with Crippen molar-refractivity contribution in [2.24, 2.45) is 0 Å². The lowest BCUT2D eigenvalue weighted by Crippen LogP contribution is -2.24. The van der Waals surface area contributed by atoms with Gasteiger partial charge >= 0.3 is 0 Å². The van der Waals surface area contributed by atoms with Gasteiger partial charge in [-0.25, -0.2) is 14.1 Å². The van der Waals surface area contributed by atoms with E-state index in [-0.39, 0.29) is 29.9 Å². The topological polar surface area (TPSA) is 102 Å². The summed E-state index contributed by atoms with van der Waals surface area (Å²) in [5, 5.41) is 11.8. The molecule has 2 aromatic carbocycles. The molecule has 0 radical (unpaired) electrons. The van der Waals surface area contributed by atoms with Gasteiger partial charge in [-0.05, 0) is 65.5 Å². The molecule has 2 amide bonds. The lowest BCUT2D eigenvalue weighted by Gasteiger charge is -2.06. The molecule has 8 nitrogen and oxygen atoms in total. The minimum Gasteiger partial charge on any atom is -0.459 e. The average Bonchev–Trinajstić information content (AvgIpc) is 3.65. The Balaban J connectivity index is 1.28. The number of furan rings is 1. The average molecular weight is 488 g/mol. The maximum atomic E-state index is 13.4. The Morgan fingerprint density at radius 3 is 2.46 bits per heavy atom. The molecular weight excluding hydrogens is 469 g/mol. The molecule has 35 heavy (non-hydrogen) atoms. The summed E-state index contributed by atoms with van der Waals surface area (Å²) in [6, 6.07) is 19.8. The summed E-state index contributed by atoms with van der Waals surface area (Å²) in [6.07, 6.45) is 1.43. The third kappa shape index (κ3) is 5.02. The summed E-state index contributed by atoms with van der Waals surface area (Å²) in [5.74, 6) is -0.445. The van der Waals surface area contributed by atoms with E-state index < -0.39 is 5.91 Å². The van der Waals surface area contributed by atoms with Crippen LogP contribution in [-0.4, -0.2) is 26.6 Å². The van der Waals surface area contributed by atoms with Gasteiger partial charge in [0.1, 0.15) is 5.82 Å². The number of hydrogen-bond donors (Lipinski definition) is 2.